The Morgan fingerprint density at radius 3 is 1.76 bits per heavy atom. The summed E-state index contributed by atoms with van der Waals surface area (Å²) < 4.78 is 21.8. The van der Waals surface area contributed by atoms with E-state index in [1.807, 2.05) is 0 Å². The molecule has 0 aliphatic heterocycles. The van der Waals surface area contributed by atoms with Gasteiger partial charge in [-0.05, 0) is 19.4 Å². The number of hydrogen-bond acceptors (Lipinski definition) is 5. The molecule has 0 saturated carbocycles. The normalized spacial score (nSPS) is 14.4. The predicted molar refractivity (Wildman–Crippen MR) is 75.1 cm³/mol. The number of nitrogens with two attached hydrogens (primary N) is 1. The van der Waals surface area contributed by atoms with Gasteiger partial charge in [-0.3, -0.25) is 18.8 Å². The molecule has 0 aromatic carbocycles. The van der Waals surface area contributed by atoms with Crippen molar-refractivity contribution in [1.29, 1.82) is 0 Å². The number of nitrogens with zero attached hydrogens (tertiary/aromatic N) is 1. The first kappa shape index (κ1) is 20.7. The average Bonchev–Trinajstić information content (AvgIpc) is 2.29. The van der Waals surface area contributed by atoms with E-state index in [0.29, 0.717) is 6.42 Å². The van der Waals surface area contributed by atoms with Crippen molar-refractivity contribution in [2.24, 2.45) is 5.73 Å². The molecule has 1 unspecified atom stereocenters. The molecule has 0 spiro atoms. The summed E-state index contributed by atoms with van der Waals surface area (Å²) in [6, 6.07) is -1.09. The summed E-state index contributed by atoms with van der Waals surface area (Å²) in [5, 5.41) is 9.16. The van der Waals surface area contributed by atoms with Gasteiger partial charge in [-0.1, -0.05) is 0 Å². The first-order valence-electron chi connectivity index (χ1n) is 6.22. The standard InChI is InChI=1S/C9H22N2O8P2/c10-3-1-2-8(9(12)13)11(4-6-20(14,15)16)5-7-21(17,18)19/h8H,1-7,10H2,(H,12,13)(H2,14,15,16)(H2,17,18,19). The van der Waals surface area contributed by atoms with E-state index in [-0.39, 0.29) is 26.1 Å². The third kappa shape index (κ3) is 11.0. The van der Waals surface area contributed by atoms with Crippen LogP contribution >= 0.6 is 15.2 Å². The molecule has 0 saturated heterocycles. The number of hydrogen-bond donors (Lipinski definition) is 6. The largest absolute Gasteiger partial charge is 0.480 e. The van der Waals surface area contributed by atoms with Gasteiger partial charge in [0.2, 0.25) is 0 Å². The minimum atomic E-state index is -4.33. The van der Waals surface area contributed by atoms with Crippen LogP contribution < -0.4 is 5.73 Å². The molecule has 0 fully saturated rings. The second kappa shape index (κ2) is 8.97. The summed E-state index contributed by atoms with van der Waals surface area (Å²) in [5.74, 6) is -1.22. The van der Waals surface area contributed by atoms with Crippen LogP contribution in [0.25, 0.3) is 0 Å². The van der Waals surface area contributed by atoms with E-state index in [1.165, 1.54) is 0 Å². The Kier molecular flexibility index (Phi) is 8.84. The number of carbonyl (C=O) groups is 1. The van der Waals surface area contributed by atoms with Crippen LogP contribution in [0.5, 0.6) is 0 Å². The van der Waals surface area contributed by atoms with E-state index < -0.39 is 39.5 Å². The molecule has 12 heteroatoms. The van der Waals surface area contributed by atoms with Crippen LogP contribution in [0.4, 0.5) is 0 Å². The fourth-order valence-corrected chi connectivity index (χ4v) is 2.75. The molecule has 0 heterocycles. The molecule has 0 aliphatic carbocycles. The van der Waals surface area contributed by atoms with E-state index in [0.717, 1.165) is 4.90 Å². The van der Waals surface area contributed by atoms with Crippen molar-refractivity contribution in [2.45, 2.75) is 18.9 Å². The van der Waals surface area contributed by atoms with Crippen LogP contribution in [0.3, 0.4) is 0 Å². The Hall–Kier alpha value is -0.310. The molecule has 0 rings (SSSR count). The topological polar surface area (TPSA) is 182 Å². The lowest BCUT2D eigenvalue weighted by Crippen LogP contribution is -2.44. The van der Waals surface area contributed by atoms with Crippen molar-refractivity contribution in [3.8, 4) is 0 Å². The lowest BCUT2D eigenvalue weighted by molar-refractivity contribution is -0.143. The molecule has 126 valence electrons. The average molecular weight is 348 g/mol. The number of aliphatic carboxylic acids is 1. The van der Waals surface area contributed by atoms with Gasteiger partial charge >= 0.3 is 21.2 Å². The van der Waals surface area contributed by atoms with Crippen LogP contribution in [0, 0.1) is 0 Å². The second-order valence-corrected chi connectivity index (χ2v) is 8.15. The quantitative estimate of drug-likeness (QED) is 0.249. The van der Waals surface area contributed by atoms with Gasteiger partial charge in [0.15, 0.2) is 0 Å². The van der Waals surface area contributed by atoms with Gasteiger partial charge in [-0.15, -0.1) is 0 Å². The zero-order chi connectivity index (χ0) is 16.7. The maximum absolute atomic E-state index is 11.2. The Morgan fingerprint density at radius 2 is 1.48 bits per heavy atom. The molecule has 21 heavy (non-hydrogen) atoms. The summed E-state index contributed by atoms with van der Waals surface area (Å²) in [7, 11) is -8.67. The van der Waals surface area contributed by atoms with Crippen LogP contribution in [-0.2, 0) is 13.9 Å². The maximum atomic E-state index is 11.2. The smallest absolute Gasteiger partial charge is 0.326 e. The van der Waals surface area contributed by atoms with Crippen molar-refractivity contribution in [2.75, 3.05) is 32.0 Å². The van der Waals surface area contributed by atoms with E-state index >= 15 is 0 Å². The number of rotatable bonds is 11. The molecule has 7 N–H and O–H groups in total. The lowest BCUT2D eigenvalue weighted by Gasteiger charge is -2.29. The highest BCUT2D eigenvalue weighted by Crippen LogP contribution is 2.36. The van der Waals surface area contributed by atoms with Gasteiger partial charge in [-0.2, -0.15) is 0 Å². The second-order valence-electron chi connectivity index (χ2n) is 4.60. The summed E-state index contributed by atoms with van der Waals surface area (Å²) in [4.78, 5) is 47.8. The first-order chi connectivity index (χ1) is 9.46. The van der Waals surface area contributed by atoms with E-state index in [1.54, 1.807) is 0 Å². The van der Waals surface area contributed by atoms with Gasteiger partial charge < -0.3 is 30.4 Å². The van der Waals surface area contributed by atoms with Crippen LogP contribution in [0.15, 0.2) is 0 Å². The van der Waals surface area contributed by atoms with E-state index in [9.17, 15) is 13.9 Å². The molecule has 1 atom stereocenters. The fourth-order valence-electron chi connectivity index (χ4n) is 1.71. The van der Waals surface area contributed by atoms with Crippen molar-refractivity contribution in [1.82, 2.24) is 4.90 Å². The third-order valence-corrected chi connectivity index (χ3v) is 4.33. The van der Waals surface area contributed by atoms with Gasteiger partial charge in [-0.25, -0.2) is 0 Å². The first-order valence-corrected chi connectivity index (χ1v) is 9.82. The Morgan fingerprint density at radius 1 is 1.05 bits per heavy atom. The number of carboxylic acid groups (broad SMARTS) is 1. The van der Waals surface area contributed by atoms with Crippen molar-refractivity contribution in [3.05, 3.63) is 0 Å². The lowest BCUT2D eigenvalue weighted by atomic mass is 10.1. The molecular formula is C9H22N2O8P2. The summed E-state index contributed by atoms with van der Waals surface area (Å²) in [6.45, 7) is -0.299. The highest BCUT2D eigenvalue weighted by Gasteiger charge is 2.28. The number of carboxylic acids is 1. The Bertz CT molecular complexity index is 394. The van der Waals surface area contributed by atoms with Crippen LogP contribution in [0.2, 0.25) is 0 Å². The highest BCUT2D eigenvalue weighted by atomic mass is 31.2. The molecular weight excluding hydrogens is 326 g/mol. The highest BCUT2D eigenvalue weighted by molar-refractivity contribution is 7.52. The SMILES string of the molecule is NCCCC(C(=O)O)N(CCP(=O)(O)O)CCP(=O)(O)O. The van der Waals surface area contributed by atoms with Crippen LogP contribution in [-0.4, -0.2) is 73.5 Å². The molecule has 0 aliphatic rings. The molecule has 0 aromatic rings. The fraction of sp³-hybridized carbons (Fsp3) is 0.889. The Labute approximate surface area is 122 Å². The van der Waals surface area contributed by atoms with Crippen molar-refractivity contribution >= 4 is 21.2 Å². The Balaban J connectivity index is 4.91. The van der Waals surface area contributed by atoms with Gasteiger partial charge in [0.1, 0.15) is 6.04 Å². The van der Waals surface area contributed by atoms with E-state index in [4.69, 9.17) is 30.4 Å². The summed E-state index contributed by atoms with van der Waals surface area (Å²) in [6.07, 6.45) is -0.658. The summed E-state index contributed by atoms with van der Waals surface area (Å²) in [5.41, 5.74) is 5.30. The molecule has 0 bridgehead atoms. The van der Waals surface area contributed by atoms with Crippen LogP contribution in [0.1, 0.15) is 12.8 Å². The minimum Gasteiger partial charge on any atom is -0.480 e. The molecule has 0 amide bonds. The van der Waals surface area contributed by atoms with Gasteiger partial charge in [0.25, 0.3) is 0 Å². The predicted octanol–water partition coefficient (Wildman–Crippen LogP) is -1.16. The summed E-state index contributed by atoms with van der Waals surface area (Å²) >= 11 is 0. The maximum Gasteiger partial charge on any atom is 0.326 e. The third-order valence-electron chi connectivity index (χ3n) is 2.76. The van der Waals surface area contributed by atoms with E-state index in [2.05, 4.69) is 0 Å². The zero-order valence-electron chi connectivity index (χ0n) is 11.4. The minimum absolute atomic E-state index is 0.133. The monoisotopic (exact) mass is 348 g/mol. The molecule has 0 radical (unpaired) electrons. The van der Waals surface area contributed by atoms with Gasteiger partial charge in [0.05, 0.1) is 12.3 Å². The van der Waals surface area contributed by atoms with Crippen molar-refractivity contribution < 1.29 is 38.6 Å². The molecule has 0 aromatic heterocycles. The molecule has 10 nitrogen and oxygen atoms in total. The van der Waals surface area contributed by atoms with Crippen molar-refractivity contribution in [3.63, 3.8) is 0 Å². The zero-order valence-corrected chi connectivity index (χ0v) is 13.2. The van der Waals surface area contributed by atoms with Gasteiger partial charge in [0, 0.05) is 13.1 Å².